The summed E-state index contributed by atoms with van der Waals surface area (Å²) in [5.74, 6) is 1.09. The third-order valence-electron chi connectivity index (χ3n) is 6.74. The molecule has 41 heavy (non-hydrogen) atoms. The molecule has 2 atom stereocenters. The minimum atomic E-state index is -3.24. The first-order valence-corrected chi connectivity index (χ1v) is 15.4. The van der Waals surface area contributed by atoms with Crippen LogP contribution in [-0.2, 0) is 19.4 Å². The number of allylic oxidation sites excluding steroid dienone is 1. The van der Waals surface area contributed by atoms with E-state index in [2.05, 4.69) is 27.2 Å². The smallest absolute Gasteiger partial charge is 0.223 e. The van der Waals surface area contributed by atoms with Crippen LogP contribution in [0.4, 0.5) is 11.8 Å². The molecule has 0 aliphatic carbocycles. The molecule has 1 aliphatic heterocycles. The number of nitrogens with zero attached hydrogens (tertiary/aromatic N) is 3. The minimum Gasteiger partial charge on any atom is -0.495 e. The molecule has 0 bridgehead atoms. The number of halogens is 2. The van der Waals surface area contributed by atoms with Gasteiger partial charge in [0, 0.05) is 47.8 Å². The summed E-state index contributed by atoms with van der Waals surface area (Å²) in [6.07, 6.45) is 3.21. The minimum absolute atomic E-state index is 0.0208. The van der Waals surface area contributed by atoms with Crippen LogP contribution in [0.3, 0.4) is 0 Å². The van der Waals surface area contributed by atoms with Crippen LogP contribution in [0, 0.1) is 5.92 Å². The van der Waals surface area contributed by atoms with Gasteiger partial charge in [0.2, 0.25) is 5.95 Å². The summed E-state index contributed by atoms with van der Waals surface area (Å²) in [5.41, 5.74) is 1.19. The molecule has 0 amide bonds. The van der Waals surface area contributed by atoms with E-state index in [-0.39, 0.29) is 45.8 Å². The molecule has 11 nitrogen and oxygen atoms in total. The molecule has 0 saturated carbocycles. The second-order valence-corrected chi connectivity index (χ2v) is 12.6. The predicted octanol–water partition coefficient (Wildman–Crippen LogP) is 4.43. The van der Waals surface area contributed by atoms with E-state index in [4.69, 9.17) is 42.4 Å². The van der Waals surface area contributed by atoms with Gasteiger partial charge in [-0.3, -0.25) is 4.79 Å². The highest BCUT2D eigenvalue weighted by molar-refractivity contribution is 7.91. The molecule has 1 aromatic carbocycles. The molecule has 220 valence electrons. The summed E-state index contributed by atoms with van der Waals surface area (Å²) in [6.45, 7) is 6.06. The molecule has 4 rings (SSSR count). The molecule has 0 spiro atoms. The van der Waals surface area contributed by atoms with Crippen molar-refractivity contribution in [3.8, 4) is 22.8 Å². The predicted molar refractivity (Wildman–Crippen MR) is 160 cm³/mol. The van der Waals surface area contributed by atoms with Crippen LogP contribution in [0.2, 0.25) is 10.0 Å². The average molecular weight is 625 g/mol. The van der Waals surface area contributed by atoms with Crippen LogP contribution >= 0.6 is 23.2 Å². The Morgan fingerprint density at radius 3 is 2.51 bits per heavy atom. The zero-order valence-electron chi connectivity index (χ0n) is 22.9. The van der Waals surface area contributed by atoms with Gasteiger partial charge in [0.05, 0.1) is 55.0 Å². The van der Waals surface area contributed by atoms with Gasteiger partial charge in [-0.25, -0.2) is 23.4 Å². The summed E-state index contributed by atoms with van der Waals surface area (Å²) >= 11 is 13.3. The van der Waals surface area contributed by atoms with Crippen LogP contribution < -0.4 is 20.1 Å². The van der Waals surface area contributed by atoms with E-state index >= 15 is 0 Å². The summed E-state index contributed by atoms with van der Waals surface area (Å²) < 4.78 is 40.7. The molecule has 2 aromatic heterocycles. The Morgan fingerprint density at radius 1 is 1.17 bits per heavy atom. The number of carbonyl (C=O) groups excluding carboxylic acids is 1. The second kappa shape index (κ2) is 13.2. The van der Waals surface area contributed by atoms with E-state index in [9.17, 15) is 13.2 Å². The lowest BCUT2D eigenvalue weighted by Crippen LogP contribution is -2.30. The van der Waals surface area contributed by atoms with E-state index in [0.29, 0.717) is 65.1 Å². The van der Waals surface area contributed by atoms with Crippen LogP contribution in [0.1, 0.15) is 13.3 Å². The molecule has 3 aromatic rings. The van der Waals surface area contributed by atoms with E-state index in [1.165, 1.54) is 20.3 Å². The van der Waals surface area contributed by atoms with E-state index in [1.807, 2.05) is 0 Å². The fourth-order valence-corrected chi connectivity index (χ4v) is 5.80. The number of nitrogens with one attached hydrogen (secondary N) is 2. The number of ketones is 1. The average Bonchev–Trinajstić information content (AvgIpc) is 3.39. The molecule has 2 N–H and O–H groups in total. The van der Waals surface area contributed by atoms with Crippen LogP contribution in [-0.4, -0.2) is 80.7 Å². The van der Waals surface area contributed by atoms with Gasteiger partial charge in [-0.2, -0.15) is 0 Å². The number of benzene rings is 1. The zero-order chi connectivity index (χ0) is 29.7. The lowest BCUT2D eigenvalue weighted by atomic mass is 9.97. The van der Waals surface area contributed by atoms with Gasteiger partial charge in [0.25, 0.3) is 0 Å². The fourth-order valence-electron chi connectivity index (χ4n) is 4.41. The first-order valence-electron chi connectivity index (χ1n) is 12.8. The summed E-state index contributed by atoms with van der Waals surface area (Å²) in [6, 6.07) is 3.12. The Hall–Kier alpha value is -3.19. The molecule has 0 unspecified atom stereocenters. The summed E-state index contributed by atoms with van der Waals surface area (Å²) in [4.78, 5) is 25.8. The van der Waals surface area contributed by atoms with Crippen LogP contribution in [0.5, 0.6) is 11.5 Å². The number of sulfone groups is 1. The van der Waals surface area contributed by atoms with Gasteiger partial charge in [-0.05, 0) is 12.1 Å². The van der Waals surface area contributed by atoms with Gasteiger partial charge in [0.15, 0.2) is 21.4 Å². The van der Waals surface area contributed by atoms with E-state index in [0.717, 1.165) is 0 Å². The summed E-state index contributed by atoms with van der Waals surface area (Å²) in [5, 5.41) is 7.42. The molecule has 1 fully saturated rings. The van der Waals surface area contributed by atoms with Crippen LogP contribution in [0.15, 0.2) is 31.0 Å². The maximum absolute atomic E-state index is 12.1. The van der Waals surface area contributed by atoms with Crippen molar-refractivity contribution in [2.45, 2.75) is 19.4 Å². The van der Waals surface area contributed by atoms with Crippen molar-refractivity contribution in [2.24, 2.45) is 5.92 Å². The van der Waals surface area contributed by atoms with E-state index in [1.54, 1.807) is 25.3 Å². The highest BCUT2D eigenvalue weighted by Gasteiger charge is 2.30. The number of fused-ring (bicyclic) bond motifs is 1. The number of hydrogen-bond donors (Lipinski definition) is 2. The van der Waals surface area contributed by atoms with Crippen molar-refractivity contribution in [1.29, 1.82) is 0 Å². The number of ether oxygens (including phenoxy) is 3. The van der Waals surface area contributed by atoms with Gasteiger partial charge in [-0.15, -0.1) is 0 Å². The number of hydrogen-bond acceptors (Lipinski definition) is 11. The number of rotatable bonds is 13. The summed E-state index contributed by atoms with van der Waals surface area (Å²) in [7, 11) is -0.288. The monoisotopic (exact) mass is 623 g/mol. The van der Waals surface area contributed by atoms with Gasteiger partial charge in [0.1, 0.15) is 17.0 Å². The third-order valence-corrected chi connectivity index (χ3v) is 9.20. The van der Waals surface area contributed by atoms with E-state index < -0.39 is 9.84 Å². The zero-order valence-corrected chi connectivity index (χ0v) is 25.2. The lowest BCUT2D eigenvalue weighted by Gasteiger charge is -2.19. The van der Waals surface area contributed by atoms with Crippen molar-refractivity contribution in [1.82, 2.24) is 15.0 Å². The number of aromatic nitrogens is 3. The largest absolute Gasteiger partial charge is 0.495 e. The number of pyridine rings is 1. The molecular formula is C27H31Cl2N5O6S. The normalized spacial score (nSPS) is 16.9. The number of carbonyl (C=O) groups is 1. The standard InChI is InChI=1S/C27H31Cl2N5O6S/c1-5-17(35)9-16-13-40-14-19(16)33-27-31-12-15-10-18(22-23(28)20(38-3)11-21(39-4)24(22)29)32-26(25(15)34-27)30-7-8-41(36,37)6-2/h5,10-12,16,19H,1,6-9,13-14H2,2-4H3,(H,30,32)(H,31,33,34)/t16-,19+/m0/s1. The molecule has 0 radical (unpaired) electrons. The SMILES string of the molecule is C=CC(=O)C[C@H]1COC[C@H]1Nc1ncc2cc(-c3c(Cl)c(OC)cc(OC)c3Cl)nc(NCCS(=O)(=O)CC)c2n1. The van der Waals surface area contributed by atoms with Gasteiger partial charge < -0.3 is 24.8 Å². The maximum Gasteiger partial charge on any atom is 0.223 e. The van der Waals surface area contributed by atoms with Crippen molar-refractivity contribution >= 4 is 61.5 Å². The quantitative estimate of drug-likeness (QED) is 0.261. The maximum atomic E-state index is 12.1. The Morgan fingerprint density at radius 2 is 1.88 bits per heavy atom. The highest BCUT2D eigenvalue weighted by atomic mass is 35.5. The number of methoxy groups -OCH3 is 2. The van der Waals surface area contributed by atoms with Crippen LogP contribution in [0.25, 0.3) is 22.2 Å². The Kier molecular flexibility index (Phi) is 9.90. The fraction of sp³-hybridized carbons (Fsp3) is 0.407. The topological polar surface area (TPSA) is 142 Å². The molecule has 1 aliphatic rings. The van der Waals surface area contributed by atoms with Crippen molar-refractivity contribution in [3.05, 3.63) is 41.0 Å². The van der Waals surface area contributed by atoms with Crippen molar-refractivity contribution in [2.75, 3.05) is 56.1 Å². The van der Waals surface area contributed by atoms with Gasteiger partial charge >= 0.3 is 0 Å². The van der Waals surface area contributed by atoms with Gasteiger partial charge in [-0.1, -0.05) is 36.7 Å². The lowest BCUT2D eigenvalue weighted by molar-refractivity contribution is -0.115. The Balaban J connectivity index is 1.77. The molecule has 14 heteroatoms. The Bertz CT molecular complexity index is 1540. The second-order valence-electron chi connectivity index (χ2n) is 9.36. The first-order chi connectivity index (χ1) is 19.6. The Labute approximate surface area is 248 Å². The molecular weight excluding hydrogens is 593 g/mol. The molecule has 1 saturated heterocycles. The van der Waals surface area contributed by atoms with Crippen molar-refractivity contribution in [3.63, 3.8) is 0 Å². The molecule has 3 heterocycles. The number of anilines is 2. The van der Waals surface area contributed by atoms with Crippen molar-refractivity contribution < 1.29 is 27.4 Å². The highest BCUT2D eigenvalue weighted by Crippen LogP contribution is 2.46. The third kappa shape index (κ3) is 7.00. The first kappa shape index (κ1) is 30.8.